The Hall–Kier alpha value is -1.16. The summed E-state index contributed by atoms with van der Waals surface area (Å²) in [4.78, 5) is 11.4. The van der Waals surface area contributed by atoms with Crippen LogP contribution in [0.4, 0.5) is 8.78 Å². The van der Waals surface area contributed by atoms with Crippen LogP contribution < -0.4 is 0 Å². The number of carbonyl (C=O) groups excluding carboxylic acids is 1. The van der Waals surface area contributed by atoms with Gasteiger partial charge in [0.1, 0.15) is 11.5 Å². The molecule has 0 aromatic heterocycles. The lowest BCUT2D eigenvalue weighted by atomic mass is 10.1. The number of benzene rings is 1. The fraction of sp³-hybridized carbons (Fsp3) is 0.417. The Bertz CT molecular complexity index is 464. The van der Waals surface area contributed by atoms with Crippen LogP contribution in [-0.2, 0) is 15.2 Å². The zero-order valence-corrected chi connectivity index (χ0v) is 9.93. The van der Waals surface area contributed by atoms with E-state index >= 15 is 0 Å². The third kappa shape index (κ3) is 2.14. The Balaban J connectivity index is 2.19. The summed E-state index contributed by atoms with van der Waals surface area (Å²) in [7, 11) is 0. The maximum atomic E-state index is 14.3. The highest BCUT2D eigenvalue weighted by atomic mass is 35.5. The van der Waals surface area contributed by atoms with Gasteiger partial charge in [0.05, 0.1) is 17.5 Å². The van der Waals surface area contributed by atoms with Crippen LogP contribution in [0.1, 0.15) is 18.9 Å². The number of halogens is 3. The van der Waals surface area contributed by atoms with Crippen LogP contribution in [0.5, 0.6) is 0 Å². The number of esters is 1. The molecular formula is C12H11ClF2O2. The minimum Gasteiger partial charge on any atom is -0.466 e. The quantitative estimate of drug-likeness (QED) is 0.780. The Kier molecular flexibility index (Phi) is 3.08. The number of carbonyl (C=O) groups is 1. The minimum atomic E-state index is -1.81. The molecule has 0 unspecified atom stereocenters. The van der Waals surface area contributed by atoms with E-state index in [0.29, 0.717) is 0 Å². The third-order valence-corrected chi connectivity index (χ3v) is 3.17. The standard InChI is InChI=1S/C12H11ClF2O2/c1-2-17-11(16)8-6-12(8,15)7-3-4-9(13)10(14)5-7/h3-5,8H,2,6H2,1H3/t8-,12+/m1/s1. The van der Waals surface area contributed by atoms with Crippen molar-refractivity contribution in [3.8, 4) is 0 Å². The monoisotopic (exact) mass is 260 g/mol. The van der Waals surface area contributed by atoms with Crippen LogP contribution in [0.2, 0.25) is 5.02 Å². The van der Waals surface area contributed by atoms with Crippen LogP contribution >= 0.6 is 11.6 Å². The molecule has 0 radical (unpaired) electrons. The first-order valence-electron chi connectivity index (χ1n) is 5.30. The fourth-order valence-electron chi connectivity index (χ4n) is 1.82. The van der Waals surface area contributed by atoms with E-state index in [1.54, 1.807) is 6.92 Å². The van der Waals surface area contributed by atoms with E-state index in [-0.39, 0.29) is 23.6 Å². The summed E-state index contributed by atoms with van der Waals surface area (Å²) in [6.45, 7) is 1.86. The van der Waals surface area contributed by atoms with Gasteiger partial charge in [-0.2, -0.15) is 0 Å². The molecule has 0 heterocycles. The molecule has 1 aromatic carbocycles. The molecule has 0 aliphatic heterocycles. The lowest BCUT2D eigenvalue weighted by Gasteiger charge is -2.08. The van der Waals surface area contributed by atoms with Gasteiger partial charge in [0.2, 0.25) is 0 Å². The van der Waals surface area contributed by atoms with E-state index in [4.69, 9.17) is 16.3 Å². The van der Waals surface area contributed by atoms with Gasteiger partial charge < -0.3 is 4.74 Å². The van der Waals surface area contributed by atoms with Crippen molar-refractivity contribution in [2.75, 3.05) is 6.61 Å². The normalized spacial score (nSPS) is 26.7. The number of hydrogen-bond acceptors (Lipinski definition) is 2. The maximum absolute atomic E-state index is 14.3. The molecule has 2 atom stereocenters. The van der Waals surface area contributed by atoms with E-state index in [1.807, 2.05) is 0 Å². The van der Waals surface area contributed by atoms with Gasteiger partial charge in [0, 0.05) is 6.42 Å². The second-order valence-corrected chi connectivity index (χ2v) is 4.41. The molecule has 1 aliphatic rings. The summed E-state index contributed by atoms with van der Waals surface area (Å²) < 4.78 is 32.2. The molecule has 0 N–H and O–H groups in total. The first kappa shape index (κ1) is 12.3. The topological polar surface area (TPSA) is 26.3 Å². The van der Waals surface area contributed by atoms with Crippen molar-refractivity contribution < 1.29 is 18.3 Å². The van der Waals surface area contributed by atoms with Crippen LogP contribution in [0.25, 0.3) is 0 Å². The van der Waals surface area contributed by atoms with Crippen LogP contribution in [0.15, 0.2) is 18.2 Å². The van der Waals surface area contributed by atoms with E-state index in [0.717, 1.165) is 6.07 Å². The molecule has 17 heavy (non-hydrogen) atoms. The molecule has 0 amide bonds. The summed E-state index contributed by atoms with van der Waals surface area (Å²) in [6, 6.07) is 3.71. The highest BCUT2D eigenvalue weighted by Gasteiger charge is 2.62. The largest absolute Gasteiger partial charge is 0.466 e. The van der Waals surface area contributed by atoms with Crippen molar-refractivity contribution in [3.05, 3.63) is 34.6 Å². The third-order valence-electron chi connectivity index (χ3n) is 2.86. The van der Waals surface area contributed by atoms with Crippen molar-refractivity contribution in [3.63, 3.8) is 0 Å². The first-order chi connectivity index (χ1) is 7.99. The van der Waals surface area contributed by atoms with E-state index in [9.17, 15) is 13.6 Å². The first-order valence-corrected chi connectivity index (χ1v) is 5.68. The van der Waals surface area contributed by atoms with Gasteiger partial charge in [-0.05, 0) is 24.6 Å². The molecular weight excluding hydrogens is 250 g/mol. The van der Waals surface area contributed by atoms with E-state index in [2.05, 4.69) is 0 Å². The molecule has 2 rings (SSSR count). The van der Waals surface area contributed by atoms with E-state index in [1.165, 1.54) is 12.1 Å². The summed E-state index contributed by atoms with van der Waals surface area (Å²) in [5.41, 5.74) is -1.67. The van der Waals surface area contributed by atoms with Crippen LogP contribution in [-0.4, -0.2) is 12.6 Å². The predicted molar refractivity (Wildman–Crippen MR) is 58.9 cm³/mol. The van der Waals surface area contributed by atoms with Crippen molar-refractivity contribution in [1.29, 1.82) is 0 Å². The summed E-state index contributed by atoms with van der Waals surface area (Å²) in [5, 5.41) is -0.0642. The van der Waals surface area contributed by atoms with Crippen molar-refractivity contribution in [1.82, 2.24) is 0 Å². The number of hydrogen-bond donors (Lipinski definition) is 0. The molecule has 92 valence electrons. The Labute approximate surface area is 103 Å². The molecule has 0 saturated heterocycles. The molecule has 0 spiro atoms. The molecule has 1 aromatic rings. The molecule has 2 nitrogen and oxygen atoms in total. The Morgan fingerprint density at radius 3 is 2.94 bits per heavy atom. The van der Waals surface area contributed by atoms with Gasteiger partial charge in [-0.3, -0.25) is 4.79 Å². The average molecular weight is 261 g/mol. The SMILES string of the molecule is CCOC(=O)[C@H]1C[C@]1(F)c1ccc(Cl)c(F)c1. The Morgan fingerprint density at radius 1 is 1.65 bits per heavy atom. The predicted octanol–water partition coefficient (Wildman–Crippen LogP) is 3.23. The van der Waals surface area contributed by atoms with Gasteiger partial charge in [-0.15, -0.1) is 0 Å². The van der Waals surface area contributed by atoms with Crippen molar-refractivity contribution in [2.45, 2.75) is 19.0 Å². The molecule has 1 fully saturated rings. The maximum Gasteiger partial charge on any atom is 0.312 e. The van der Waals surface area contributed by atoms with Gasteiger partial charge in [-0.1, -0.05) is 17.7 Å². The zero-order chi connectivity index (χ0) is 12.6. The smallest absolute Gasteiger partial charge is 0.312 e. The number of rotatable bonds is 3. The molecule has 1 saturated carbocycles. The van der Waals surface area contributed by atoms with Gasteiger partial charge in [-0.25, -0.2) is 8.78 Å². The minimum absolute atomic E-state index is 0.0346. The lowest BCUT2D eigenvalue weighted by molar-refractivity contribution is -0.145. The van der Waals surface area contributed by atoms with Gasteiger partial charge >= 0.3 is 5.97 Å². The van der Waals surface area contributed by atoms with E-state index < -0.39 is 23.4 Å². The number of ether oxygens (including phenoxy) is 1. The summed E-state index contributed by atoms with van der Waals surface area (Å²) >= 11 is 5.51. The lowest BCUT2D eigenvalue weighted by Crippen LogP contribution is -2.13. The fourth-order valence-corrected chi connectivity index (χ4v) is 1.94. The Morgan fingerprint density at radius 2 is 2.35 bits per heavy atom. The highest BCUT2D eigenvalue weighted by molar-refractivity contribution is 6.30. The van der Waals surface area contributed by atoms with Gasteiger partial charge in [0.15, 0.2) is 0 Å². The van der Waals surface area contributed by atoms with Crippen molar-refractivity contribution >= 4 is 17.6 Å². The van der Waals surface area contributed by atoms with Crippen molar-refractivity contribution in [2.24, 2.45) is 5.92 Å². The molecule has 5 heteroatoms. The van der Waals surface area contributed by atoms with Gasteiger partial charge in [0.25, 0.3) is 0 Å². The zero-order valence-electron chi connectivity index (χ0n) is 9.17. The second-order valence-electron chi connectivity index (χ2n) is 4.00. The van der Waals surface area contributed by atoms with Crippen LogP contribution in [0.3, 0.4) is 0 Å². The molecule has 1 aliphatic carbocycles. The average Bonchev–Trinajstić information content (AvgIpc) is 2.97. The van der Waals surface area contributed by atoms with Crippen LogP contribution in [0, 0.1) is 11.7 Å². The highest BCUT2D eigenvalue weighted by Crippen LogP contribution is 2.56. The summed E-state index contributed by atoms with van der Waals surface area (Å²) in [5.74, 6) is -2.09. The second kappa shape index (κ2) is 4.26. The molecule has 0 bridgehead atoms. The summed E-state index contributed by atoms with van der Waals surface area (Å²) in [6.07, 6.45) is 0.0346. The number of alkyl halides is 1.